The van der Waals surface area contributed by atoms with Crippen molar-refractivity contribution < 1.29 is 4.74 Å². The molecular formula is C14H20N2O. The zero-order valence-electron chi connectivity index (χ0n) is 10.2. The van der Waals surface area contributed by atoms with Crippen LogP contribution in [-0.4, -0.2) is 32.8 Å². The number of hydrogen-bond donors (Lipinski definition) is 1. The van der Waals surface area contributed by atoms with Gasteiger partial charge >= 0.3 is 0 Å². The smallest absolute Gasteiger partial charge is 0.0642 e. The van der Waals surface area contributed by atoms with Gasteiger partial charge < -0.3 is 15.0 Å². The number of benzene rings is 1. The van der Waals surface area contributed by atoms with Crippen LogP contribution in [0.15, 0.2) is 24.3 Å². The Morgan fingerprint density at radius 1 is 1.18 bits per heavy atom. The van der Waals surface area contributed by atoms with Crippen molar-refractivity contribution in [3.05, 3.63) is 24.3 Å². The van der Waals surface area contributed by atoms with Gasteiger partial charge in [0, 0.05) is 19.6 Å². The van der Waals surface area contributed by atoms with Crippen molar-refractivity contribution in [2.75, 3.05) is 43.1 Å². The third-order valence-electron chi connectivity index (χ3n) is 3.53. The molecule has 1 heterocycles. The van der Waals surface area contributed by atoms with E-state index in [1.807, 2.05) is 0 Å². The van der Waals surface area contributed by atoms with Gasteiger partial charge in [0.1, 0.15) is 0 Å². The average Bonchev–Trinajstić information content (AvgIpc) is 3.22. The molecule has 1 aliphatic carbocycles. The third kappa shape index (κ3) is 2.72. The van der Waals surface area contributed by atoms with Crippen LogP contribution in [-0.2, 0) is 4.74 Å². The van der Waals surface area contributed by atoms with Crippen molar-refractivity contribution in [1.29, 1.82) is 0 Å². The van der Waals surface area contributed by atoms with E-state index in [0.717, 1.165) is 38.8 Å². The summed E-state index contributed by atoms with van der Waals surface area (Å²) in [6.07, 6.45) is 2.79. The molecule has 0 amide bonds. The summed E-state index contributed by atoms with van der Waals surface area (Å²) in [7, 11) is 0. The van der Waals surface area contributed by atoms with Gasteiger partial charge in [0.2, 0.25) is 0 Å². The highest BCUT2D eigenvalue weighted by Gasteiger charge is 2.21. The van der Waals surface area contributed by atoms with Crippen LogP contribution in [0.4, 0.5) is 11.4 Å². The van der Waals surface area contributed by atoms with Gasteiger partial charge in [-0.05, 0) is 30.9 Å². The first-order valence-corrected chi connectivity index (χ1v) is 6.59. The maximum atomic E-state index is 5.41. The van der Waals surface area contributed by atoms with Crippen molar-refractivity contribution >= 4 is 11.4 Å². The minimum absolute atomic E-state index is 0.844. The van der Waals surface area contributed by atoms with Gasteiger partial charge in [-0.2, -0.15) is 0 Å². The van der Waals surface area contributed by atoms with Gasteiger partial charge in [-0.15, -0.1) is 0 Å². The standard InChI is InChI=1S/C14H20N2O/c1-2-4-14(16-7-9-17-10-8-16)13(3-1)15-11-12-5-6-12/h1-4,12,15H,5-11H2. The van der Waals surface area contributed by atoms with Crippen LogP contribution in [0, 0.1) is 5.92 Å². The van der Waals surface area contributed by atoms with E-state index in [4.69, 9.17) is 4.74 Å². The highest BCUT2D eigenvalue weighted by Crippen LogP contribution is 2.31. The predicted octanol–water partition coefficient (Wildman–Crippen LogP) is 2.35. The minimum atomic E-state index is 0.844. The Labute approximate surface area is 103 Å². The molecule has 0 spiro atoms. The molecule has 1 saturated heterocycles. The second-order valence-corrected chi connectivity index (χ2v) is 4.94. The van der Waals surface area contributed by atoms with Gasteiger partial charge in [-0.1, -0.05) is 12.1 Å². The van der Waals surface area contributed by atoms with Gasteiger partial charge in [0.15, 0.2) is 0 Å². The molecule has 3 rings (SSSR count). The fourth-order valence-corrected chi connectivity index (χ4v) is 2.28. The number of rotatable bonds is 4. The van der Waals surface area contributed by atoms with E-state index in [1.165, 1.54) is 24.2 Å². The number of anilines is 2. The predicted molar refractivity (Wildman–Crippen MR) is 70.7 cm³/mol. The first-order valence-electron chi connectivity index (χ1n) is 6.59. The number of para-hydroxylation sites is 2. The van der Waals surface area contributed by atoms with Crippen molar-refractivity contribution in [3.8, 4) is 0 Å². The second-order valence-electron chi connectivity index (χ2n) is 4.94. The SMILES string of the molecule is c1ccc(N2CCOCC2)c(NCC2CC2)c1. The molecule has 17 heavy (non-hydrogen) atoms. The molecule has 3 heteroatoms. The molecule has 0 aromatic heterocycles. The molecule has 1 aromatic carbocycles. The summed E-state index contributed by atoms with van der Waals surface area (Å²) >= 11 is 0. The Morgan fingerprint density at radius 3 is 2.71 bits per heavy atom. The van der Waals surface area contributed by atoms with Gasteiger partial charge in [0.25, 0.3) is 0 Å². The number of nitrogens with one attached hydrogen (secondary N) is 1. The number of hydrogen-bond acceptors (Lipinski definition) is 3. The van der Waals surface area contributed by atoms with Crippen LogP contribution in [0.2, 0.25) is 0 Å². The quantitative estimate of drug-likeness (QED) is 0.862. The highest BCUT2D eigenvalue weighted by molar-refractivity contribution is 5.70. The fourth-order valence-electron chi connectivity index (χ4n) is 2.28. The van der Waals surface area contributed by atoms with Crippen LogP contribution in [0.3, 0.4) is 0 Å². The van der Waals surface area contributed by atoms with Gasteiger partial charge in [0.05, 0.1) is 24.6 Å². The molecule has 0 bridgehead atoms. The van der Waals surface area contributed by atoms with E-state index >= 15 is 0 Å². The Kier molecular flexibility index (Phi) is 3.18. The van der Waals surface area contributed by atoms with E-state index in [9.17, 15) is 0 Å². The average molecular weight is 232 g/mol. The summed E-state index contributed by atoms with van der Waals surface area (Å²) in [5, 5.41) is 3.59. The number of morpholine rings is 1. The van der Waals surface area contributed by atoms with Crippen molar-refractivity contribution in [2.45, 2.75) is 12.8 Å². The molecule has 1 aliphatic heterocycles. The molecule has 92 valence electrons. The summed E-state index contributed by atoms with van der Waals surface area (Å²) in [5.41, 5.74) is 2.61. The maximum absolute atomic E-state index is 5.41. The molecule has 0 radical (unpaired) electrons. The Hall–Kier alpha value is -1.22. The zero-order valence-corrected chi connectivity index (χ0v) is 10.2. The Bertz CT molecular complexity index is 370. The first-order chi connectivity index (χ1) is 8.43. The largest absolute Gasteiger partial charge is 0.383 e. The third-order valence-corrected chi connectivity index (χ3v) is 3.53. The molecule has 2 aliphatic rings. The first kappa shape index (κ1) is 10.9. The van der Waals surface area contributed by atoms with Crippen LogP contribution in [0.25, 0.3) is 0 Å². The van der Waals surface area contributed by atoms with E-state index in [0.29, 0.717) is 0 Å². The normalized spacial score (nSPS) is 20.4. The fraction of sp³-hybridized carbons (Fsp3) is 0.571. The summed E-state index contributed by atoms with van der Waals surface area (Å²) in [6.45, 7) is 4.82. The highest BCUT2D eigenvalue weighted by atomic mass is 16.5. The lowest BCUT2D eigenvalue weighted by Crippen LogP contribution is -2.36. The topological polar surface area (TPSA) is 24.5 Å². The van der Waals surface area contributed by atoms with E-state index in [-0.39, 0.29) is 0 Å². The Balaban J connectivity index is 1.71. The maximum Gasteiger partial charge on any atom is 0.0642 e. The lowest BCUT2D eigenvalue weighted by Gasteiger charge is -2.30. The summed E-state index contributed by atoms with van der Waals surface area (Å²) < 4.78 is 5.41. The molecule has 1 saturated carbocycles. The molecule has 1 N–H and O–H groups in total. The van der Waals surface area contributed by atoms with Crippen molar-refractivity contribution in [3.63, 3.8) is 0 Å². The van der Waals surface area contributed by atoms with Gasteiger partial charge in [-0.25, -0.2) is 0 Å². The minimum Gasteiger partial charge on any atom is -0.383 e. The van der Waals surface area contributed by atoms with Gasteiger partial charge in [-0.3, -0.25) is 0 Å². The molecule has 0 atom stereocenters. The van der Waals surface area contributed by atoms with Crippen LogP contribution in [0.1, 0.15) is 12.8 Å². The van der Waals surface area contributed by atoms with E-state index in [2.05, 4.69) is 34.5 Å². The summed E-state index contributed by atoms with van der Waals surface area (Å²) in [5.74, 6) is 0.910. The van der Waals surface area contributed by atoms with Crippen molar-refractivity contribution in [2.24, 2.45) is 5.92 Å². The van der Waals surface area contributed by atoms with E-state index in [1.54, 1.807) is 0 Å². The van der Waals surface area contributed by atoms with Crippen LogP contribution < -0.4 is 10.2 Å². The number of nitrogens with zero attached hydrogens (tertiary/aromatic N) is 1. The van der Waals surface area contributed by atoms with Crippen LogP contribution >= 0.6 is 0 Å². The molecule has 2 fully saturated rings. The van der Waals surface area contributed by atoms with E-state index < -0.39 is 0 Å². The second kappa shape index (κ2) is 4.96. The monoisotopic (exact) mass is 232 g/mol. The number of ether oxygens (including phenoxy) is 1. The van der Waals surface area contributed by atoms with Crippen LogP contribution in [0.5, 0.6) is 0 Å². The zero-order chi connectivity index (χ0) is 11.5. The molecule has 3 nitrogen and oxygen atoms in total. The lowest BCUT2D eigenvalue weighted by atomic mass is 10.2. The lowest BCUT2D eigenvalue weighted by molar-refractivity contribution is 0.123. The molecular weight excluding hydrogens is 212 g/mol. The summed E-state index contributed by atoms with van der Waals surface area (Å²) in [4.78, 5) is 2.42. The van der Waals surface area contributed by atoms with Crippen molar-refractivity contribution in [1.82, 2.24) is 0 Å². The molecule has 1 aromatic rings. The molecule has 0 unspecified atom stereocenters. The Morgan fingerprint density at radius 2 is 1.94 bits per heavy atom. The summed E-state index contributed by atoms with van der Waals surface area (Å²) in [6, 6.07) is 8.63.